The second kappa shape index (κ2) is 2.11. The Labute approximate surface area is 54.9 Å². The molecule has 0 aromatic rings. The van der Waals surface area contributed by atoms with Gasteiger partial charge in [0.1, 0.15) is 0 Å². The Morgan fingerprint density at radius 2 is 1.00 bits per heavy atom. The van der Waals surface area contributed by atoms with E-state index in [1.54, 1.807) is 0 Å². The van der Waals surface area contributed by atoms with Crippen LogP contribution in [0.2, 0.25) is 19.6 Å². The SMILES string of the molecule is C[Si](C)(C)[PH](C)(C)C. The van der Waals surface area contributed by atoms with Crippen LogP contribution in [0.4, 0.5) is 0 Å². The first-order chi connectivity index (χ1) is 3.25. The van der Waals surface area contributed by atoms with Crippen molar-refractivity contribution < 1.29 is 0 Å². The Bertz CT molecular complexity index is 63.5. The van der Waals surface area contributed by atoms with Gasteiger partial charge < -0.3 is 0 Å². The molecule has 0 aliphatic heterocycles. The Morgan fingerprint density at radius 3 is 1.00 bits per heavy atom. The quantitative estimate of drug-likeness (QED) is 0.398. The Morgan fingerprint density at radius 1 is 0.875 bits per heavy atom. The number of hydrogen-bond donors (Lipinski definition) is 0. The molecule has 0 radical (unpaired) electrons. The summed E-state index contributed by atoms with van der Waals surface area (Å²) in [5.41, 5.74) is 0. The molecule has 0 nitrogen and oxygen atoms in total. The Hall–Kier alpha value is 0.647. The molecular weight excluding hydrogens is 131 g/mol. The van der Waals surface area contributed by atoms with E-state index < -0.39 is 14.6 Å². The van der Waals surface area contributed by atoms with Crippen LogP contribution in [0, 0.1) is 0 Å². The molecule has 0 rings (SSSR count). The Balaban J connectivity index is 4.02. The van der Waals surface area contributed by atoms with Crippen LogP contribution in [0.1, 0.15) is 0 Å². The molecule has 0 N–H and O–H groups in total. The zero-order valence-electron chi connectivity index (χ0n) is 7.00. The van der Waals surface area contributed by atoms with Crippen LogP contribution < -0.4 is 0 Å². The van der Waals surface area contributed by atoms with Crippen molar-refractivity contribution in [2.45, 2.75) is 19.6 Å². The summed E-state index contributed by atoms with van der Waals surface area (Å²) in [5, 5.41) is 0. The molecule has 0 amide bonds. The number of rotatable bonds is 1. The minimum absolute atomic E-state index is 0.720. The van der Waals surface area contributed by atoms with Gasteiger partial charge in [0, 0.05) is 0 Å². The maximum atomic E-state index is 2.47. The van der Waals surface area contributed by atoms with E-state index in [9.17, 15) is 0 Å². The van der Waals surface area contributed by atoms with Gasteiger partial charge in [-0.3, -0.25) is 0 Å². The van der Waals surface area contributed by atoms with E-state index >= 15 is 0 Å². The average Bonchev–Trinajstić information content (AvgIpc) is 1.25. The summed E-state index contributed by atoms with van der Waals surface area (Å²) < 4.78 is 0. The zero-order valence-corrected chi connectivity index (χ0v) is 9.00. The molecule has 0 atom stereocenters. The van der Waals surface area contributed by atoms with Gasteiger partial charge in [-0.1, -0.05) is 0 Å². The van der Waals surface area contributed by atoms with Crippen molar-refractivity contribution in [1.29, 1.82) is 0 Å². The molecule has 0 unspecified atom stereocenters. The van der Waals surface area contributed by atoms with Crippen molar-refractivity contribution in [2.75, 3.05) is 20.0 Å². The third kappa shape index (κ3) is 2.28. The third-order valence-corrected chi connectivity index (χ3v) is 20.2. The molecule has 0 saturated heterocycles. The second-order valence-corrected chi connectivity index (χ2v) is 22.5. The van der Waals surface area contributed by atoms with Crippen LogP contribution in [0.25, 0.3) is 0 Å². The molecule has 0 aliphatic carbocycles. The maximum absolute atomic E-state index is 2.47. The molecule has 0 aromatic heterocycles. The molecule has 0 heterocycles. The molecule has 0 spiro atoms. The first-order valence-electron chi connectivity index (χ1n) is 3.25. The van der Waals surface area contributed by atoms with Crippen LogP contribution in [0.15, 0.2) is 0 Å². The van der Waals surface area contributed by atoms with E-state index in [4.69, 9.17) is 0 Å². The van der Waals surface area contributed by atoms with E-state index in [-0.39, 0.29) is 0 Å². The summed E-state index contributed by atoms with van der Waals surface area (Å²) in [7, 11) is -0.720. The van der Waals surface area contributed by atoms with Crippen molar-refractivity contribution in [3.8, 4) is 0 Å². The molecule has 0 aromatic carbocycles. The van der Waals surface area contributed by atoms with Crippen molar-refractivity contribution in [2.24, 2.45) is 0 Å². The predicted molar refractivity (Wildman–Crippen MR) is 49.4 cm³/mol. The molecule has 0 fully saturated rings. The fraction of sp³-hybridized carbons (Fsp3) is 1.00. The molecule has 0 aliphatic rings. The monoisotopic (exact) mass is 150 g/mol. The van der Waals surface area contributed by atoms with Crippen LogP contribution >= 0.6 is 6.81 Å². The van der Waals surface area contributed by atoms with Gasteiger partial charge in [0.15, 0.2) is 0 Å². The first-order valence-corrected chi connectivity index (χ1v) is 11.2. The minimum atomic E-state index is -0.720. The van der Waals surface area contributed by atoms with Crippen molar-refractivity contribution in [3.05, 3.63) is 0 Å². The summed E-state index contributed by atoms with van der Waals surface area (Å²) >= 11 is 0. The van der Waals surface area contributed by atoms with Crippen LogP contribution in [0.5, 0.6) is 0 Å². The van der Waals surface area contributed by atoms with Crippen LogP contribution in [0.3, 0.4) is 0 Å². The van der Waals surface area contributed by atoms with E-state index in [2.05, 4.69) is 39.6 Å². The van der Waals surface area contributed by atoms with Gasteiger partial charge in [-0.05, 0) is 0 Å². The first kappa shape index (κ1) is 8.65. The molecule has 0 bridgehead atoms. The van der Waals surface area contributed by atoms with Gasteiger partial charge in [-0.15, -0.1) is 0 Å². The molecule has 8 heavy (non-hydrogen) atoms. The normalized spacial score (nSPS) is 16.2. The van der Waals surface area contributed by atoms with Crippen molar-refractivity contribution >= 4 is 14.6 Å². The van der Waals surface area contributed by atoms with Crippen LogP contribution in [-0.4, -0.2) is 27.7 Å². The molecule has 52 valence electrons. The zero-order chi connectivity index (χ0) is 7.00. The summed E-state index contributed by atoms with van der Waals surface area (Å²) in [6.45, 7) is 14.1. The fourth-order valence-corrected chi connectivity index (χ4v) is 0. The topological polar surface area (TPSA) is 0 Å². The fourth-order valence-electron chi connectivity index (χ4n) is 0. The predicted octanol–water partition coefficient (Wildman–Crippen LogP) is 2.46. The molecular formula is C6H19PSi. The molecule has 0 saturated carbocycles. The van der Waals surface area contributed by atoms with E-state index in [0.717, 1.165) is 0 Å². The van der Waals surface area contributed by atoms with Crippen LogP contribution in [-0.2, 0) is 0 Å². The Kier molecular flexibility index (Phi) is 2.28. The average molecular weight is 150 g/mol. The molecule has 2 heteroatoms. The van der Waals surface area contributed by atoms with Gasteiger partial charge in [-0.2, -0.15) is 0 Å². The van der Waals surface area contributed by atoms with Gasteiger partial charge >= 0.3 is 54.2 Å². The van der Waals surface area contributed by atoms with Crippen molar-refractivity contribution in [1.82, 2.24) is 0 Å². The van der Waals surface area contributed by atoms with Gasteiger partial charge in [0.25, 0.3) is 0 Å². The summed E-state index contributed by atoms with van der Waals surface area (Å²) in [6, 6.07) is 0. The van der Waals surface area contributed by atoms with Crippen molar-refractivity contribution in [3.63, 3.8) is 0 Å². The van der Waals surface area contributed by atoms with Gasteiger partial charge in [-0.25, -0.2) is 0 Å². The van der Waals surface area contributed by atoms with Gasteiger partial charge in [0.2, 0.25) is 0 Å². The summed E-state index contributed by atoms with van der Waals surface area (Å²) in [5.74, 6) is 0. The summed E-state index contributed by atoms with van der Waals surface area (Å²) in [6.07, 6.45) is 0. The standard InChI is InChI=1S/C6H19PSi/c1-7(2,3)8(4,5)6/h7H,1-6H3. The summed E-state index contributed by atoms with van der Waals surface area (Å²) in [4.78, 5) is 0. The van der Waals surface area contributed by atoms with Gasteiger partial charge in [0.05, 0.1) is 0 Å². The number of hydrogen-bond acceptors (Lipinski definition) is 0. The van der Waals surface area contributed by atoms with E-state index in [1.165, 1.54) is 0 Å². The third-order valence-electron chi connectivity index (χ3n) is 2.25. The van der Waals surface area contributed by atoms with E-state index in [0.29, 0.717) is 0 Å². The van der Waals surface area contributed by atoms with E-state index in [1.807, 2.05) is 0 Å². The second-order valence-electron chi connectivity index (χ2n) is 4.50.